The van der Waals surface area contributed by atoms with Gasteiger partial charge in [0.15, 0.2) is 0 Å². The minimum atomic E-state index is -0.363. The number of carbonyl (C=O) groups excluding carboxylic acids is 4. The molecule has 1 aromatic carbocycles. The minimum Gasteiger partial charge on any atom is -0.354 e. The number of rotatable bonds is 11. The number of hydrogen-bond donors (Lipinski definition) is 2. The minimum absolute atomic E-state index is 0.0254. The number of unbranched alkanes of at least 4 members (excludes halogenated alkanes) is 1. The number of carbonyl (C=O) groups is 4. The van der Waals surface area contributed by atoms with Crippen molar-refractivity contribution in [2.45, 2.75) is 95.6 Å². The molecule has 8 nitrogen and oxygen atoms in total. The molecule has 1 saturated heterocycles. The summed E-state index contributed by atoms with van der Waals surface area (Å²) in [6.07, 6.45) is 11.5. The summed E-state index contributed by atoms with van der Waals surface area (Å²) >= 11 is 0. The maximum Gasteiger partial charge on any atom is 0.327 e. The molecule has 4 rings (SSSR count). The normalized spacial score (nSPS) is 22.5. The molecule has 0 aromatic heterocycles. The van der Waals surface area contributed by atoms with Gasteiger partial charge in [-0.1, -0.05) is 62.4 Å². The van der Waals surface area contributed by atoms with Gasteiger partial charge >= 0.3 is 6.03 Å². The van der Waals surface area contributed by atoms with Crippen LogP contribution in [0.4, 0.5) is 4.79 Å². The van der Waals surface area contributed by atoms with E-state index in [1.165, 1.54) is 24.2 Å². The predicted octanol–water partition coefficient (Wildman–Crippen LogP) is 3.79. The monoisotopic (exact) mass is 510 g/mol. The first-order valence-corrected chi connectivity index (χ1v) is 14.2. The van der Waals surface area contributed by atoms with Crippen molar-refractivity contribution in [1.29, 1.82) is 0 Å². The van der Waals surface area contributed by atoms with Crippen molar-refractivity contribution in [2.24, 2.45) is 5.92 Å². The number of urea groups is 1. The number of fused-ring (bicyclic) bond motifs is 1. The number of hydrogen-bond acceptors (Lipinski definition) is 4. The van der Waals surface area contributed by atoms with Gasteiger partial charge in [0.25, 0.3) is 0 Å². The van der Waals surface area contributed by atoms with E-state index in [1.54, 1.807) is 4.90 Å². The molecule has 3 fully saturated rings. The molecule has 8 heteroatoms. The first-order valence-electron chi connectivity index (χ1n) is 14.2. The standard InChI is InChI=1S/C29H42N4O4/c34-26(31-23-13-5-2-6-14-23)17-9-10-20-32-28(36)24-15-7-8-16-25(24)33(29(32)37)21-27(35)30-19-18-22-11-3-1-4-12-22/h1,3-4,11-12,23-25H,2,5-10,13-21H2,(H,30,35)(H,31,34). The second kappa shape index (κ2) is 13.6. The highest BCUT2D eigenvalue weighted by Gasteiger charge is 2.47. The first kappa shape index (κ1) is 27.1. The summed E-state index contributed by atoms with van der Waals surface area (Å²) in [6.45, 7) is 0.774. The van der Waals surface area contributed by atoms with Crippen LogP contribution in [0.3, 0.4) is 0 Å². The van der Waals surface area contributed by atoms with Crippen molar-refractivity contribution >= 4 is 23.8 Å². The molecular weight excluding hydrogens is 468 g/mol. The lowest BCUT2D eigenvalue weighted by molar-refractivity contribution is -0.142. The summed E-state index contributed by atoms with van der Waals surface area (Å²) in [5, 5.41) is 6.07. The Morgan fingerprint density at radius 1 is 0.865 bits per heavy atom. The highest BCUT2D eigenvalue weighted by Crippen LogP contribution is 2.34. The van der Waals surface area contributed by atoms with Crippen molar-refractivity contribution in [3.63, 3.8) is 0 Å². The number of amides is 5. The van der Waals surface area contributed by atoms with Crippen LogP contribution in [0.25, 0.3) is 0 Å². The lowest BCUT2D eigenvalue weighted by Gasteiger charge is -2.46. The summed E-state index contributed by atoms with van der Waals surface area (Å²) in [7, 11) is 0. The molecule has 202 valence electrons. The molecular formula is C29H42N4O4. The zero-order chi connectivity index (χ0) is 26.0. The Morgan fingerprint density at radius 2 is 1.59 bits per heavy atom. The zero-order valence-electron chi connectivity index (χ0n) is 22.0. The van der Waals surface area contributed by atoms with Crippen molar-refractivity contribution < 1.29 is 19.2 Å². The van der Waals surface area contributed by atoms with Crippen molar-refractivity contribution in [1.82, 2.24) is 20.4 Å². The van der Waals surface area contributed by atoms with E-state index in [1.807, 2.05) is 30.3 Å². The average Bonchev–Trinajstić information content (AvgIpc) is 2.92. The van der Waals surface area contributed by atoms with E-state index in [0.29, 0.717) is 38.4 Å². The maximum atomic E-state index is 13.4. The van der Waals surface area contributed by atoms with Gasteiger partial charge in [-0.25, -0.2) is 4.79 Å². The molecule has 2 atom stereocenters. The lowest BCUT2D eigenvalue weighted by atomic mass is 9.81. The fourth-order valence-electron chi connectivity index (χ4n) is 6.06. The van der Waals surface area contributed by atoms with Crippen LogP contribution in [-0.2, 0) is 20.8 Å². The highest BCUT2D eigenvalue weighted by molar-refractivity contribution is 6.00. The zero-order valence-corrected chi connectivity index (χ0v) is 22.0. The topological polar surface area (TPSA) is 98.8 Å². The van der Waals surface area contributed by atoms with Gasteiger partial charge in [0.1, 0.15) is 6.54 Å². The quantitative estimate of drug-likeness (QED) is 0.443. The van der Waals surface area contributed by atoms with Gasteiger partial charge in [0, 0.05) is 31.6 Å². The lowest BCUT2D eigenvalue weighted by Crippen LogP contribution is -2.64. The number of imide groups is 1. The third-order valence-electron chi connectivity index (χ3n) is 8.09. The number of nitrogens with one attached hydrogen (secondary N) is 2. The molecule has 1 heterocycles. The molecule has 0 radical (unpaired) electrons. The first-order chi connectivity index (χ1) is 18.0. The van der Waals surface area contributed by atoms with Crippen LogP contribution in [0, 0.1) is 5.92 Å². The SMILES string of the molecule is O=C(CN1C(=O)N(CCCCC(=O)NC2CCCCC2)C(=O)C2CCCCC21)NCCc1ccccc1. The second-order valence-corrected chi connectivity index (χ2v) is 10.8. The molecule has 2 unspecified atom stereocenters. The van der Waals surface area contributed by atoms with E-state index in [-0.39, 0.29) is 42.3 Å². The molecule has 3 aliphatic rings. The third kappa shape index (κ3) is 7.55. The van der Waals surface area contributed by atoms with E-state index in [0.717, 1.165) is 50.5 Å². The van der Waals surface area contributed by atoms with Crippen LogP contribution in [0.1, 0.15) is 82.6 Å². The van der Waals surface area contributed by atoms with Crippen LogP contribution in [0.5, 0.6) is 0 Å². The van der Waals surface area contributed by atoms with Crippen molar-refractivity contribution in [3.05, 3.63) is 35.9 Å². The van der Waals surface area contributed by atoms with Gasteiger partial charge < -0.3 is 15.5 Å². The Balaban J connectivity index is 1.27. The Labute approximate surface area is 220 Å². The van der Waals surface area contributed by atoms with Crippen LogP contribution in [-0.4, -0.2) is 65.3 Å². The Hall–Kier alpha value is -2.90. The number of benzene rings is 1. The molecule has 0 bridgehead atoms. The largest absolute Gasteiger partial charge is 0.354 e. The molecule has 2 aliphatic carbocycles. The van der Waals surface area contributed by atoms with E-state index < -0.39 is 0 Å². The highest BCUT2D eigenvalue weighted by atomic mass is 16.2. The molecule has 37 heavy (non-hydrogen) atoms. The molecule has 0 spiro atoms. The summed E-state index contributed by atoms with van der Waals surface area (Å²) < 4.78 is 0. The van der Waals surface area contributed by atoms with Crippen molar-refractivity contribution in [3.8, 4) is 0 Å². The molecule has 1 aliphatic heterocycles. The Bertz CT molecular complexity index is 931. The van der Waals surface area contributed by atoms with Crippen molar-refractivity contribution in [2.75, 3.05) is 19.6 Å². The molecule has 1 aromatic rings. The smallest absolute Gasteiger partial charge is 0.327 e. The van der Waals surface area contributed by atoms with E-state index >= 15 is 0 Å². The van der Waals surface area contributed by atoms with Crippen LogP contribution < -0.4 is 10.6 Å². The van der Waals surface area contributed by atoms with Gasteiger partial charge in [-0.3, -0.25) is 19.3 Å². The molecule has 5 amide bonds. The Kier molecular flexibility index (Phi) is 9.97. The summed E-state index contributed by atoms with van der Waals surface area (Å²) in [4.78, 5) is 54.6. The van der Waals surface area contributed by atoms with Gasteiger partial charge in [-0.15, -0.1) is 0 Å². The van der Waals surface area contributed by atoms with Crippen LogP contribution in [0.2, 0.25) is 0 Å². The van der Waals surface area contributed by atoms with E-state index in [9.17, 15) is 19.2 Å². The van der Waals surface area contributed by atoms with Gasteiger partial charge in [-0.05, 0) is 50.5 Å². The Morgan fingerprint density at radius 3 is 2.38 bits per heavy atom. The van der Waals surface area contributed by atoms with E-state index in [4.69, 9.17) is 0 Å². The third-order valence-corrected chi connectivity index (χ3v) is 8.09. The van der Waals surface area contributed by atoms with Crippen LogP contribution in [0.15, 0.2) is 30.3 Å². The molecule has 2 saturated carbocycles. The van der Waals surface area contributed by atoms with Gasteiger partial charge in [0.05, 0.1) is 5.92 Å². The van der Waals surface area contributed by atoms with Crippen LogP contribution >= 0.6 is 0 Å². The van der Waals surface area contributed by atoms with E-state index in [2.05, 4.69) is 10.6 Å². The maximum absolute atomic E-state index is 13.4. The predicted molar refractivity (Wildman–Crippen MR) is 142 cm³/mol. The number of nitrogens with zero attached hydrogens (tertiary/aromatic N) is 2. The summed E-state index contributed by atoms with van der Waals surface area (Å²) in [5.74, 6) is -0.480. The fourth-order valence-corrected chi connectivity index (χ4v) is 6.06. The molecule has 2 N–H and O–H groups in total. The second-order valence-electron chi connectivity index (χ2n) is 10.8. The van der Waals surface area contributed by atoms with Gasteiger partial charge in [0.2, 0.25) is 17.7 Å². The summed E-state index contributed by atoms with van der Waals surface area (Å²) in [6, 6.07) is 9.69. The summed E-state index contributed by atoms with van der Waals surface area (Å²) in [5.41, 5.74) is 1.15. The average molecular weight is 511 g/mol. The fraction of sp³-hybridized carbons (Fsp3) is 0.655. The van der Waals surface area contributed by atoms with Gasteiger partial charge in [-0.2, -0.15) is 0 Å².